The number of nitrogens with zero attached hydrogens (tertiary/aromatic N) is 3. The molecule has 1 amide bonds. The van der Waals surface area contributed by atoms with E-state index < -0.39 is 5.38 Å². The Balaban J connectivity index is 2.17. The monoisotopic (exact) mass is 243 g/mol. The average molecular weight is 244 g/mol. The van der Waals surface area contributed by atoms with E-state index in [2.05, 4.69) is 10.1 Å². The zero-order valence-corrected chi connectivity index (χ0v) is 9.85. The highest BCUT2D eigenvalue weighted by atomic mass is 35.5. The highest BCUT2D eigenvalue weighted by molar-refractivity contribution is 6.30. The van der Waals surface area contributed by atoms with Crippen molar-refractivity contribution in [2.24, 2.45) is 0 Å². The minimum absolute atomic E-state index is 0.0591. The molecule has 16 heavy (non-hydrogen) atoms. The van der Waals surface area contributed by atoms with E-state index in [0.29, 0.717) is 5.82 Å². The van der Waals surface area contributed by atoms with Crippen molar-refractivity contribution in [1.29, 1.82) is 0 Å². The molecule has 88 valence electrons. The van der Waals surface area contributed by atoms with Crippen LogP contribution in [0.1, 0.15) is 38.1 Å². The normalized spacial score (nSPS) is 23.1. The van der Waals surface area contributed by atoms with E-state index in [1.807, 2.05) is 0 Å². The molecule has 0 aromatic carbocycles. The lowest BCUT2D eigenvalue weighted by molar-refractivity contribution is -0.134. The van der Waals surface area contributed by atoms with E-state index in [1.54, 1.807) is 11.8 Å². The van der Waals surface area contributed by atoms with Crippen molar-refractivity contribution < 1.29 is 9.32 Å². The number of alkyl halides is 1. The number of hydrogen-bond acceptors (Lipinski definition) is 4. The summed E-state index contributed by atoms with van der Waals surface area (Å²) in [5, 5.41) is 3.30. The Labute approximate surface area is 98.8 Å². The number of halogens is 1. The second-order valence-corrected chi connectivity index (χ2v) is 4.60. The van der Waals surface area contributed by atoms with Crippen LogP contribution in [0.25, 0.3) is 0 Å². The fourth-order valence-corrected chi connectivity index (χ4v) is 2.14. The maximum atomic E-state index is 11.9. The summed E-state index contributed by atoms with van der Waals surface area (Å²) in [6.45, 7) is 2.40. The number of amides is 1. The van der Waals surface area contributed by atoms with Crippen LogP contribution in [0.2, 0.25) is 0 Å². The molecular weight excluding hydrogens is 230 g/mol. The van der Waals surface area contributed by atoms with Crippen molar-refractivity contribution in [3.63, 3.8) is 0 Å². The smallest absolute Gasteiger partial charge is 0.240 e. The van der Waals surface area contributed by atoms with Gasteiger partial charge in [-0.25, -0.2) is 0 Å². The van der Waals surface area contributed by atoms with Crippen LogP contribution in [-0.4, -0.2) is 32.9 Å². The van der Waals surface area contributed by atoms with Gasteiger partial charge in [0, 0.05) is 6.54 Å². The molecule has 1 fully saturated rings. The minimum atomic E-state index is -0.507. The van der Waals surface area contributed by atoms with E-state index >= 15 is 0 Å². The molecule has 0 spiro atoms. The molecule has 1 aliphatic rings. The SMILES string of the molecule is CC(Cl)C(=O)N1CCCCC1c1ncon1. The molecule has 2 heterocycles. The molecule has 0 radical (unpaired) electrons. The summed E-state index contributed by atoms with van der Waals surface area (Å²) in [7, 11) is 0. The van der Waals surface area contributed by atoms with Gasteiger partial charge in [0.15, 0.2) is 5.82 Å². The highest BCUT2D eigenvalue weighted by Gasteiger charge is 2.32. The highest BCUT2D eigenvalue weighted by Crippen LogP contribution is 2.29. The van der Waals surface area contributed by atoms with Gasteiger partial charge in [-0.05, 0) is 26.2 Å². The molecule has 0 N–H and O–H groups in total. The quantitative estimate of drug-likeness (QED) is 0.743. The van der Waals surface area contributed by atoms with Gasteiger partial charge in [-0.2, -0.15) is 4.98 Å². The second kappa shape index (κ2) is 4.82. The molecule has 1 aromatic heterocycles. The van der Waals surface area contributed by atoms with Crippen molar-refractivity contribution in [3.05, 3.63) is 12.2 Å². The Morgan fingerprint density at radius 3 is 3.12 bits per heavy atom. The van der Waals surface area contributed by atoms with Crippen LogP contribution >= 0.6 is 11.6 Å². The lowest BCUT2D eigenvalue weighted by Crippen LogP contribution is -2.42. The average Bonchev–Trinajstić information content (AvgIpc) is 2.81. The number of piperidine rings is 1. The first-order valence-electron chi connectivity index (χ1n) is 5.41. The van der Waals surface area contributed by atoms with E-state index in [4.69, 9.17) is 16.1 Å². The maximum Gasteiger partial charge on any atom is 0.240 e. The first kappa shape index (κ1) is 11.4. The molecule has 0 bridgehead atoms. The van der Waals surface area contributed by atoms with Crippen molar-refractivity contribution >= 4 is 17.5 Å². The Morgan fingerprint density at radius 2 is 2.50 bits per heavy atom. The lowest BCUT2D eigenvalue weighted by atomic mass is 10.0. The summed E-state index contributed by atoms with van der Waals surface area (Å²) in [5.74, 6) is 0.515. The van der Waals surface area contributed by atoms with E-state index in [-0.39, 0.29) is 11.9 Å². The van der Waals surface area contributed by atoms with E-state index in [0.717, 1.165) is 25.8 Å². The lowest BCUT2D eigenvalue weighted by Gasteiger charge is -2.34. The van der Waals surface area contributed by atoms with Crippen LogP contribution in [0.15, 0.2) is 10.9 Å². The van der Waals surface area contributed by atoms with Gasteiger partial charge in [-0.3, -0.25) is 4.79 Å². The second-order valence-electron chi connectivity index (χ2n) is 3.95. The Hall–Kier alpha value is -1.10. The predicted octanol–water partition coefficient (Wildman–Crippen LogP) is 1.75. The Kier molecular flexibility index (Phi) is 3.43. The number of carbonyl (C=O) groups is 1. The van der Waals surface area contributed by atoms with Crippen molar-refractivity contribution in [3.8, 4) is 0 Å². The third-order valence-corrected chi connectivity index (χ3v) is 2.99. The number of aromatic nitrogens is 2. The van der Waals surface area contributed by atoms with Gasteiger partial charge in [-0.15, -0.1) is 11.6 Å². The molecular formula is C10H14ClN3O2. The summed E-state index contributed by atoms with van der Waals surface area (Å²) in [4.78, 5) is 17.7. The van der Waals surface area contributed by atoms with E-state index in [1.165, 1.54) is 6.39 Å². The van der Waals surface area contributed by atoms with Gasteiger partial charge in [0.25, 0.3) is 0 Å². The van der Waals surface area contributed by atoms with Crippen molar-refractivity contribution in [1.82, 2.24) is 15.0 Å². The van der Waals surface area contributed by atoms with Crippen LogP contribution in [0.3, 0.4) is 0 Å². The zero-order valence-electron chi connectivity index (χ0n) is 9.10. The third kappa shape index (κ3) is 2.19. The number of rotatable bonds is 2. The third-order valence-electron chi connectivity index (χ3n) is 2.80. The van der Waals surface area contributed by atoms with Crippen LogP contribution in [-0.2, 0) is 4.79 Å². The largest absolute Gasteiger partial charge is 0.343 e. The summed E-state index contributed by atoms with van der Waals surface area (Å²) in [6, 6.07) is -0.0822. The molecule has 6 heteroatoms. The maximum absolute atomic E-state index is 11.9. The fraction of sp³-hybridized carbons (Fsp3) is 0.700. The standard InChI is InChI=1S/C10H14ClN3O2/c1-7(11)10(15)14-5-3-2-4-8(14)9-12-6-16-13-9/h6-8H,2-5H2,1H3. The van der Waals surface area contributed by atoms with Crippen molar-refractivity contribution in [2.45, 2.75) is 37.6 Å². The van der Waals surface area contributed by atoms with Gasteiger partial charge >= 0.3 is 0 Å². The van der Waals surface area contributed by atoms with Crippen molar-refractivity contribution in [2.75, 3.05) is 6.54 Å². The number of hydrogen-bond donors (Lipinski definition) is 0. The summed E-state index contributed by atoms with van der Waals surface area (Å²) in [6.07, 6.45) is 4.23. The van der Waals surface area contributed by atoms with Crippen LogP contribution < -0.4 is 0 Å². The van der Waals surface area contributed by atoms with Crippen LogP contribution in [0.4, 0.5) is 0 Å². The molecule has 0 aliphatic carbocycles. The number of likely N-dealkylation sites (tertiary alicyclic amines) is 1. The summed E-state index contributed by atoms with van der Waals surface area (Å²) < 4.78 is 4.72. The first-order chi connectivity index (χ1) is 7.70. The molecule has 1 saturated heterocycles. The van der Waals surface area contributed by atoms with Gasteiger partial charge in [0.05, 0.1) is 6.04 Å². The summed E-state index contributed by atoms with van der Waals surface area (Å²) in [5.41, 5.74) is 0. The van der Waals surface area contributed by atoms with Gasteiger partial charge in [-0.1, -0.05) is 5.16 Å². The minimum Gasteiger partial charge on any atom is -0.343 e. The molecule has 1 aliphatic heterocycles. The van der Waals surface area contributed by atoms with Crippen LogP contribution in [0, 0.1) is 0 Å². The van der Waals surface area contributed by atoms with Gasteiger partial charge in [0.2, 0.25) is 12.3 Å². The molecule has 1 aromatic rings. The predicted molar refractivity (Wildman–Crippen MR) is 57.9 cm³/mol. The van der Waals surface area contributed by atoms with E-state index in [9.17, 15) is 4.79 Å². The number of carbonyl (C=O) groups excluding carboxylic acids is 1. The summed E-state index contributed by atoms with van der Waals surface area (Å²) >= 11 is 5.83. The molecule has 2 rings (SSSR count). The molecule has 2 unspecified atom stereocenters. The first-order valence-corrected chi connectivity index (χ1v) is 5.84. The zero-order chi connectivity index (χ0) is 11.5. The Bertz CT molecular complexity index is 353. The topological polar surface area (TPSA) is 59.2 Å². The fourth-order valence-electron chi connectivity index (χ4n) is 2.02. The van der Waals surface area contributed by atoms with Gasteiger partial charge < -0.3 is 9.42 Å². The molecule has 0 saturated carbocycles. The molecule has 5 nitrogen and oxygen atoms in total. The Morgan fingerprint density at radius 1 is 1.69 bits per heavy atom. The van der Waals surface area contributed by atoms with Gasteiger partial charge in [0.1, 0.15) is 5.38 Å². The molecule has 2 atom stereocenters. The van der Waals surface area contributed by atoms with Crippen LogP contribution in [0.5, 0.6) is 0 Å².